The lowest BCUT2D eigenvalue weighted by molar-refractivity contribution is -0.131. The molecule has 0 saturated carbocycles. The van der Waals surface area contributed by atoms with Crippen LogP contribution in [0.4, 0.5) is 5.69 Å². The molecule has 27 heavy (non-hydrogen) atoms. The predicted octanol–water partition coefficient (Wildman–Crippen LogP) is 1.76. The van der Waals surface area contributed by atoms with Crippen LogP contribution in [-0.2, 0) is 14.3 Å². The molecule has 0 aliphatic rings. The first-order chi connectivity index (χ1) is 13.0. The fourth-order valence-electron chi connectivity index (χ4n) is 1.98. The molecule has 0 radical (unpaired) electrons. The van der Waals surface area contributed by atoms with Crippen LogP contribution in [0.1, 0.15) is 10.4 Å². The molecule has 8 nitrogen and oxygen atoms in total. The van der Waals surface area contributed by atoms with Crippen LogP contribution in [0.25, 0.3) is 0 Å². The van der Waals surface area contributed by atoms with Gasteiger partial charge >= 0.3 is 5.97 Å². The number of amides is 2. The van der Waals surface area contributed by atoms with E-state index in [1.54, 1.807) is 55.6 Å². The van der Waals surface area contributed by atoms with Gasteiger partial charge in [-0.2, -0.15) is 0 Å². The van der Waals surface area contributed by atoms with Crippen LogP contribution in [0, 0.1) is 0 Å². The molecule has 142 valence electrons. The zero-order chi connectivity index (χ0) is 19.6. The highest BCUT2D eigenvalue weighted by Crippen LogP contribution is 2.16. The molecular formula is C18H18ClN3O5. The maximum absolute atomic E-state index is 12.0. The van der Waals surface area contributed by atoms with Gasteiger partial charge in [-0.05, 0) is 36.4 Å². The summed E-state index contributed by atoms with van der Waals surface area (Å²) in [4.78, 5) is 35.3. The lowest BCUT2D eigenvalue weighted by Gasteiger charge is -2.10. The minimum absolute atomic E-state index is 0.299. The molecule has 2 aromatic rings. The van der Waals surface area contributed by atoms with Crippen molar-refractivity contribution >= 4 is 35.1 Å². The molecule has 2 amide bonds. The van der Waals surface area contributed by atoms with Crippen molar-refractivity contribution in [2.75, 3.05) is 25.6 Å². The first kappa shape index (κ1) is 20.1. The lowest BCUT2D eigenvalue weighted by atomic mass is 10.2. The molecule has 9 heteroatoms. The Bertz CT molecular complexity index is 811. The second kappa shape index (κ2) is 10.0. The van der Waals surface area contributed by atoms with E-state index in [9.17, 15) is 14.4 Å². The number of anilines is 1. The third-order valence-electron chi connectivity index (χ3n) is 3.28. The Balaban J connectivity index is 1.70. The Morgan fingerprint density at radius 3 is 2.22 bits per heavy atom. The van der Waals surface area contributed by atoms with Gasteiger partial charge in [-0.15, -0.1) is 0 Å². The highest BCUT2D eigenvalue weighted by atomic mass is 35.5. The van der Waals surface area contributed by atoms with E-state index < -0.39 is 24.4 Å². The van der Waals surface area contributed by atoms with E-state index in [4.69, 9.17) is 21.1 Å². The smallest absolute Gasteiger partial charge is 0.340 e. The van der Waals surface area contributed by atoms with Gasteiger partial charge in [-0.1, -0.05) is 23.7 Å². The quantitative estimate of drug-likeness (QED) is 0.490. The summed E-state index contributed by atoms with van der Waals surface area (Å²) in [7, 11) is 1.67. The predicted molar refractivity (Wildman–Crippen MR) is 99.5 cm³/mol. The molecule has 2 rings (SSSR count). The van der Waals surface area contributed by atoms with Crippen LogP contribution < -0.4 is 20.9 Å². The summed E-state index contributed by atoms with van der Waals surface area (Å²) in [6.07, 6.45) is 0. The van der Waals surface area contributed by atoms with Crippen molar-refractivity contribution in [2.45, 2.75) is 0 Å². The molecule has 0 heterocycles. The molecule has 0 spiro atoms. The number of hydrazine groups is 1. The summed E-state index contributed by atoms with van der Waals surface area (Å²) in [5.41, 5.74) is 5.17. The SMILES string of the molecule is CNc1ccccc1C(=O)OCC(=O)NNC(=O)COc1ccc(Cl)cc1. The van der Waals surface area contributed by atoms with Gasteiger partial charge in [0.25, 0.3) is 11.8 Å². The highest BCUT2D eigenvalue weighted by molar-refractivity contribution is 6.30. The Labute approximate surface area is 160 Å². The molecule has 0 aromatic heterocycles. The number of para-hydroxylation sites is 1. The highest BCUT2D eigenvalue weighted by Gasteiger charge is 2.14. The standard InChI is InChI=1S/C18H18ClN3O5/c1-20-15-5-3-2-4-14(15)18(25)27-11-17(24)22-21-16(23)10-26-13-8-6-12(19)7-9-13/h2-9,20H,10-11H2,1H3,(H,21,23)(H,22,24). The van der Waals surface area contributed by atoms with Gasteiger partial charge in [-0.3, -0.25) is 20.4 Å². The molecule has 0 saturated heterocycles. The second-order valence-corrected chi connectivity index (χ2v) is 5.65. The van der Waals surface area contributed by atoms with E-state index in [1.807, 2.05) is 0 Å². The first-order valence-electron chi connectivity index (χ1n) is 7.89. The molecule has 0 atom stereocenters. The minimum Gasteiger partial charge on any atom is -0.484 e. The summed E-state index contributed by atoms with van der Waals surface area (Å²) >= 11 is 5.75. The fourth-order valence-corrected chi connectivity index (χ4v) is 2.11. The fraction of sp³-hybridized carbons (Fsp3) is 0.167. The summed E-state index contributed by atoms with van der Waals surface area (Å²) in [6.45, 7) is -0.855. The number of benzene rings is 2. The van der Waals surface area contributed by atoms with Crippen molar-refractivity contribution < 1.29 is 23.9 Å². The van der Waals surface area contributed by atoms with Gasteiger partial charge in [0.15, 0.2) is 13.2 Å². The van der Waals surface area contributed by atoms with Crippen LogP contribution in [0.3, 0.4) is 0 Å². The molecule has 0 aliphatic heterocycles. The van der Waals surface area contributed by atoms with E-state index in [0.29, 0.717) is 22.0 Å². The number of hydrogen-bond donors (Lipinski definition) is 3. The summed E-state index contributed by atoms with van der Waals surface area (Å²) in [5, 5.41) is 3.40. The van der Waals surface area contributed by atoms with Gasteiger partial charge < -0.3 is 14.8 Å². The van der Waals surface area contributed by atoms with Crippen LogP contribution in [0.5, 0.6) is 5.75 Å². The van der Waals surface area contributed by atoms with Crippen molar-refractivity contribution in [3.63, 3.8) is 0 Å². The summed E-state index contributed by atoms with van der Waals surface area (Å²) < 4.78 is 10.1. The van der Waals surface area contributed by atoms with Crippen molar-refractivity contribution in [3.8, 4) is 5.75 Å². The number of nitrogens with one attached hydrogen (secondary N) is 3. The number of ether oxygens (including phenoxy) is 2. The maximum Gasteiger partial charge on any atom is 0.340 e. The molecule has 0 bridgehead atoms. The zero-order valence-electron chi connectivity index (χ0n) is 14.5. The van der Waals surface area contributed by atoms with E-state index in [1.165, 1.54) is 0 Å². The zero-order valence-corrected chi connectivity index (χ0v) is 15.2. The van der Waals surface area contributed by atoms with E-state index in [0.717, 1.165) is 0 Å². The van der Waals surface area contributed by atoms with Crippen LogP contribution in [-0.4, -0.2) is 38.0 Å². The monoisotopic (exact) mass is 391 g/mol. The lowest BCUT2D eigenvalue weighted by Crippen LogP contribution is -2.45. The van der Waals surface area contributed by atoms with Crippen LogP contribution in [0.2, 0.25) is 5.02 Å². The maximum atomic E-state index is 12.0. The second-order valence-electron chi connectivity index (χ2n) is 5.21. The normalized spacial score (nSPS) is 9.85. The van der Waals surface area contributed by atoms with Gasteiger partial charge in [0.05, 0.1) is 5.56 Å². The van der Waals surface area contributed by atoms with Crippen molar-refractivity contribution in [2.24, 2.45) is 0 Å². The van der Waals surface area contributed by atoms with Crippen molar-refractivity contribution in [1.82, 2.24) is 10.9 Å². The van der Waals surface area contributed by atoms with E-state index in [2.05, 4.69) is 16.2 Å². The number of rotatable bonds is 7. The van der Waals surface area contributed by atoms with Crippen LogP contribution in [0.15, 0.2) is 48.5 Å². The summed E-state index contributed by atoms with van der Waals surface area (Å²) in [5.74, 6) is -1.47. The third-order valence-corrected chi connectivity index (χ3v) is 3.53. The molecule has 2 aromatic carbocycles. The molecule has 3 N–H and O–H groups in total. The number of esters is 1. The molecule has 0 aliphatic carbocycles. The Kier molecular flexibility index (Phi) is 7.45. The molecule has 0 fully saturated rings. The van der Waals surface area contributed by atoms with Crippen molar-refractivity contribution in [1.29, 1.82) is 0 Å². The molecular weight excluding hydrogens is 374 g/mol. The average Bonchev–Trinajstić information content (AvgIpc) is 2.69. The summed E-state index contributed by atoms with van der Waals surface area (Å²) in [6, 6.07) is 13.2. The van der Waals surface area contributed by atoms with E-state index in [-0.39, 0.29) is 6.61 Å². The number of hydrogen-bond acceptors (Lipinski definition) is 6. The largest absolute Gasteiger partial charge is 0.484 e. The Morgan fingerprint density at radius 2 is 1.56 bits per heavy atom. The number of halogens is 1. The molecule has 0 unspecified atom stereocenters. The first-order valence-corrected chi connectivity index (χ1v) is 8.27. The average molecular weight is 392 g/mol. The van der Waals surface area contributed by atoms with Crippen LogP contribution >= 0.6 is 11.6 Å². The van der Waals surface area contributed by atoms with E-state index >= 15 is 0 Å². The Morgan fingerprint density at radius 1 is 0.926 bits per heavy atom. The number of carbonyl (C=O) groups is 3. The topological polar surface area (TPSA) is 106 Å². The van der Waals surface area contributed by atoms with Crippen molar-refractivity contribution in [3.05, 3.63) is 59.1 Å². The third kappa shape index (κ3) is 6.52. The van der Waals surface area contributed by atoms with Gasteiger partial charge in [-0.25, -0.2) is 4.79 Å². The van der Waals surface area contributed by atoms with Gasteiger partial charge in [0.2, 0.25) is 0 Å². The number of carbonyl (C=O) groups excluding carboxylic acids is 3. The van der Waals surface area contributed by atoms with Gasteiger partial charge in [0.1, 0.15) is 5.75 Å². The minimum atomic E-state index is -0.690. The van der Waals surface area contributed by atoms with Gasteiger partial charge in [0, 0.05) is 17.8 Å². The Hall–Kier alpha value is -3.26.